The summed E-state index contributed by atoms with van der Waals surface area (Å²) in [5, 5.41) is 17.3. The number of hydrogen-bond donors (Lipinski definition) is 2. The van der Waals surface area contributed by atoms with Gasteiger partial charge in [-0.25, -0.2) is 26.6 Å². The minimum Gasteiger partial charge on any atom is -0.414 e. The van der Waals surface area contributed by atoms with Crippen molar-refractivity contribution in [3.05, 3.63) is 30.3 Å². The van der Waals surface area contributed by atoms with Crippen molar-refractivity contribution < 1.29 is 31.1 Å². The van der Waals surface area contributed by atoms with Crippen molar-refractivity contribution in [2.45, 2.75) is 44.4 Å². The summed E-state index contributed by atoms with van der Waals surface area (Å²) < 4.78 is 75.2. The SMILES string of the molecule is O=S(=O)(CCO)Nc1cc(N2CCC3(CC2)CC3)c(-c2nnc(-c3cncc(N4CCC(F)(F)CC4)n3)o2)cc1F. The molecular formula is C26H30F3N7O4S. The normalized spacial score (nSPS) is 19.9. The van der Waals surface area contributed by atoms with Gasteiger partial charge < -0.3 is 19.3 Å². The summed E-state index contributed by atoms with van der Waals surface area (Å²) in [6.07, 6.45) is 6.66. The Morgan fingerprint density at radius 2 is 1.63 bits per heavy atom. The zero-order valence-corrected chi connectivity index (χ0v) is 23.0. The molecule has 0 unspecified atom stereocenters. The molecule has 2 saturated heterocycles. The van der Waals surface area contributed by atoms with E-state index in [0.717, 1.165) is 18.9 Å². The van der Waals surface area contributed by atoms with Crippen LogP contribution in [0.4, 0.5) is 30.4 Å². The summed E-state index contributed by atoms with van der Waals surface area (Å²) in [5.74, 6) is -3.67. The topological polar surface area (TPSA) is 138 Å². The molecule has 4 heterocycles. The molecule has 0 bridgehead atoms. The van der Waals surface area contributed by atoms with Gasteiger partial charge in [0, 0.05) is 39.0 Å². The average Bonchev–Trinajstić information content (AvgIpc) is 3.50. The minimum absolute atomic E-state index is 0.00944. The summed E-state index contributed by atoms with van der Waals surface area (Å²) >= 11 is 0. The van der Waals surface area contributed by atoms with Gasteiger partial charge in [0.2, 0.25) is 15.9 Å². The predicted molar refractivity (Wildman–Crippen MR) is 145 cm³/mol. The molecule has 220 valence electrons. The molecule has 1 aromatic carbocycles. The molecule has 15 heteroatoms. The van der Waals surface area contributed by atoms with E-state index in [1.165, 1.54) is 31.3 Å². The predicted octanol–water partition coefficient (Wildman–Crippen LogP) is 3.68. The second-order valence-corrected chi connectivity index (χ2v) is 12.8. The number of benzene rings is 1. The summed E-state index contributed by atoms with van der Waals surface area (Å²) in [6.45, 7) is 1.06. The highest BCUT2D eigenvalue weighted by molar-refractivity contribution is 7.92. The standard InChI is InChI=1S/C26H30F3N7O4S/c27-18-13-17(21(14-19(18)34-41(38,39)12-11-37)35-7-3-25(1-2-25)4-8-35)23-32-33-24(40-23)20-15-30-16-22(31-20)36-9-5-26(28,29)6-10-36/h13-16,34,37H,1-12H2. The van der Waals surface area contributed by atoms with Crippen LogP contribution in [0, 0.1) is 11.2 Å². The van der Waals surface area contributed by atoms with Crippen LogP contribution < -0.4 is 14.5 Å². The first kappa shape index (κ1) is 27.7. The van der Waals surface area contributed by atoms with Gasteiger partial charge in [0.25, 0.3) is 11.8 Å². The number of nitrogens with one attached hydrogen (secondary N) is 1. The summed E-state index contributed by atoms with van der Waals surface area (Å²) in [4.78, 5) is 12.4. The van der Waals surface area contributed by atoms with Gasteiger partial charge in [0.05, 0.1) is 41.7 Å². The molecule has 3 aromatic rings. The number of aromatic nitrogens is 4. The molecule has 1 saturated carbocycles. The maximum atomic E-state index is 15.3. The molecule has 1 spiro atoms. The Hall–Kier alpha value is -3.46. The van der Waals surface area contributed by atoms with Crippen molar-refractivity contribution in [1.82, 2.24) is 20.2 Å². The van der Waals surface area contributed by atoms with E-state index in [9.17, 15) is 17.2 Å². The lowest BCUT2D eigenvalue weighted by molar-refractivity contribution is -0.0221. The third kappa shape index (κ3) is 5.96. The largest absolute Gasteiger partial charge is 0.414 e. The van der Waals surface area contributed by atoms with E-state index in [2.05, 4.69) is 29.8 Å². The van der Waals surface area contributed by atoms with Crippen LogP contribution in [0.1, 0.15) is 38.5 Å². The van der Waals surface area contributed by atoms with Crippen molar-refractivity contribution in [2.24, 2.45) is 5.41 Å². The van der Waals surface area contributed by atoms with E-state index in [1.807, 2.05) is 0 Å². The van der Waals surface area contributed by atoms with E-state index in [-0.39, 0.29) is 49.1 Å². The van der Waals surface area contributed by atoms with Crippen LogP contribution in [-0.2, 0) is 10.0 Å². The van der Waals surface area contributed by atoms with Crippen molar-refractivity contribution in [1.29, 1.82) is 0 Å². The molecule has 0 amide bonds. The van der Waals surface area contributed by atoms with Crippen LogP contribution in [0.3, 0.4) is 0 Å². The number of alkyl halides is 2. The first-order valence-electron chi connectivity index (χ1n) is 13.5. The molecule has 0 radical (unpaired) electrons. The molecule has 3 fully saturated rings. The molecule has 0 atom stereocenters. The third-order valence-electron chi connectivity index (χ3n) is 8.15. The molecule has 6 rings (SSSR count). The van der Waals surface area contributed by atoms with Crippen molar-refractivity contribution in [3.8, 4) is 23.0 Å². The zero-order chi connectivity index (χ0) is 28.8. The monoisotopic (exact) mass is 593 g/mol. The number of sulfonamides is 1. The van der Waals surface area contributed by atoms with Crippen LogP contribution in [0.5, 0.6) is 0 Å². The van der Waals surface area contributed by atoms with Crippen molar-refractivity contribution in [2.75, 3.05) is 53.1 Å². The first-order valence-corrected chi connectivity index (χ1v) is 15.2. The van der Waals surface area contributed by atoms with E-state index < -0.39 is 34.1 Å². The maximum Gasteiger partial charge on any atom is 0.268 e. The second kappa shape index (κ2) is 10.4. The molecule has 2 aromatic heterocycles. The third-order valence-corrected chi connectivity index (χ3v) is 9.40. The summed E-state index contributed by atoms with van der Waals surface area (Å²) in [5.41, 5.74) is 1.19. The fraction of sp³-hybridized carbons (Fsp3) is 0.538. The fourth-order valence-corrected chi connectivity index (χ4v) is 6.25. The Morgan fingerprint density at radius 1 is 0.951 bits per heavy atom. The number of halogens is 3. The lowest BCUT2D eigenvalue weighted by atomic mass is 9.93. The van der Waals surface area contributed by atoms with E-state index in [0.29, 0.717) is 35.6 Å². The highest BCUT2D eigenvalue weighted by atomic mass is 32.2. The number of rotatable bonds is 8. The smallest absolute Gasteiger partial charge is 0.268 e. The molecule has 2 aliphatic heterocycles. The zero-order valence-electron chi connectivity index (χ0n) is 22.2. The Labute approximate surface area is 234 Å². The number of piperidine rings is 2. The van der Waals surface area contributed by atoms with Crippen LogP contribution >= 0.6 is 0 Å². The molecule has 3 aliphatic rings. The Kier molecular flexibility index (Phi) is 7.04. The molecular weight excluding hydrogens is 563 g/mol. The van der Waals surface area contributed by atoms with E-state index >= 15 is 4.39 Å². The minimum atomic E-state index is -3.96. The molecule has 41 heavy (non-hydrogen) atoms. The maximum absolute atomic E-state index is 15.3. The Bertz CT molecular complexity index is 1530. The number of nitrogens with zero attached hydrogens (tertiary/aromatic N) is 6. The van der Waals surface area contributed by atoms with Gasteiger partial charge >= 0.3 is 0 Å². The number of aliphatic hydroxyl groups excluding tert-OH is 1. The lowest BCUT2D eigenvalue weighted by Crippen LogP contribution is -2.39. The average molecular weight is 594 g/mol. The highest BCUT2D eigenvalue weighted by Crippen LogP contribution is 2.54. The lowest BCUT2D eigenvalue weighted by Gasteiger charge is -2.35. The van der Waals surface area contributed by atoms with E-state index in [1.54, 1.807) is 4.90 Å². The van der Waals surface area contributed by atoms with Gasteiger partial charge in [-0.1, -0.05) is 0 Å². The Balaban J connectivity index is 1.31. The van der Waals surface area contributed by atoms with Gasteiger partial charge in [-0.15, -0.1) is 10.2 Å². The van der Waals surface area contributed by atoms with Gasteiger partial charge in [-0.2, -0.15) is 0 Å². The molecule has 2 N–H and O–H groups in total. The van der Waals surface area contributed by atoms with Crippen LogP contribution in [0.25, 0.3) is 23.0 Å². The summed E-state index contributed by atoms with van der Waals surface area (Å²) in [7, 11) is -3.96. The van der Waals surface area contributed by atoms with Crippen LogP contribution in [-0.4, -0.2) is 78.2 Å². The fourth-order valence-electron chi connectivity index (χ4n) is 5.42. The number of hydrogen-bond acceptors (Lipinski definition) is 10. The van der Waals surface area contributed by atoms with Crippen LogP contribution in [0.2, 0.25) is 0 Å². The van der Waals surface area contributed by atoms with Gasteiger partial charge in [0.1, 0.15) is 17.3 Å². The first-order chi connectivity index (χ1) is 19.6. The Morgan fingerprint density at radius 3 is 2.32 bits per heavy atom. The van der Waals surface area contributed by atoms with Gasteiger partial charge in [-0.3, -0.25) is 9.71 Å². The quantitative estimate of drug-likeness (QED) is 0.398. The highest BCUT2D eigenvalue weighted by Gasteiger charge is 2.45. The molecule has 1 aliphatic carbocycles. The summed E-state index contributed by atoms with van der Waals surface area (Å²) in [6, 6.07) is 2.57. The number of anilines is 3. The number of aliphatic hydroxyl groups is 1. The van der Waals surface area contributed by atoms with Gasteiger partial charge in [-0.05, 0) is 43.2 Å². The van der Waals surface area contributed by atoms with Gasteiger partial charge in [0.15, 0.2) is 0 Å². The van der Waals surface area contributed by atoms with E-state index in [4.69, 9.17) is 9.52 Å². The second-order valence-electron chi connectivity index (χ2n) is 11.0. The van der Waals surface area contributed by atoms with Crippen molar-refractivity contribution in [3.63, 3.8) is 0 Å². The molecule has 11 nitrogen and oxygen atoms in total. The van der Waals surface area contributed by atoms with Crippen LogP contribution in [0.15, 0.2) is 28.9 Å². The van der Waals surface area contributed by atoms with Crippen molar-refractivity contribution >= 4 is 27.2 Å².